The van der Waals surface area contributed by atoms with Crippen LogP contribution < -0.4 is 14.8 Å². The number of sulfonamides is 1. The van der Waals surface area contributed by atoms with Crippen molar-refractivity contribution in [3.8, 4) is 5.75 Å². The van der Waals surface area contributed by atoms with Crippen molar-refractivity contribution >= 4 is 50.5 Å². The third-order valence-corrected chi connectivity index (χ3v) is 7.34. The van der Waals surface area contributed by atoms with Crippen molar-refractivity contribution in [1.29, 1.82) is 0 Å². The summed E-state index contributed by atoms with van der Waals surface area (Å²) in [5.41, 5.74) is 0.746. The molecule has 6 nitrogen and oxygen atoms in total. The summed E-state index contributed by atoms with van der Waals surface area (Å²) in [4.78, 5) is 13.0. The molecule has 166 valence electrons. The molecule has 0 heterocycles. The normalized spacial score (nSPS) is 14.5. The van der Waals surface area contributed by atoms with E-state index in [1.54, 1.807) is 42.5 Å². The van der Waals surface area contributed by atoms with Crippen molar-refractivity contribution in [2.45, 2.75) is 23.2 Å². The van der Waals surface area contributed by atoms with Gasteiger partial charge in [-0.15, -0.1) is 0 Å². The minimum atomic E-state index is -4.04. The monoisotopic (exact) mass is 490 g/mol. The molecule has 3 aromatic carbocycles. The van der Waals surface area contributed by atoms with Crippen molar-refractivity contribution in [2.75, 3.05) is 17.1 Å². The van der Waals surface area contributed by atoms with E-state index in [0.717, 1.165) is 5.56 Å². The van der Waals surface area contributed by atoms with E-state index in [1.165, 1.54) is 19.2 Å². The molecule has 0 atom stereocenters. The number of para-hydroxylation sites is 1. The number of methoxy groups -OCH3 is 1. The second-order valence-electron chi connectivity index (χ2n) is 7.50. The van der Waals surface area contributed by atoms with Gasteiger partial charge in [0.1, 0.15) is 10.6 Å². The predicted octanol–water partition coefficient (Wildman–Crippen LogP) is 5.47. The summed E-state index contributed by atoms with van der Waals surface area (Å²) < 4.78 is 33.8. The lowest BCUT2D eigenvalue weighted by Crippen LogP contribution is -2.28. The van der Waals surface area contributed by atoms with Crippen LogP contribution in [0.3, 0.4) is 0 Å². The molecule has 1 fully saturated rings. The summed E-state index contributed by atoms with van der Waals surface area (Å²) in [5.74, 6) is -0.0779. The SMILES string of the molecule is COc1ccc(NC(=O)C2(c3cccc(Cl)c3)CC2)cc1S(=O)(=O)Nc1ccccc1Cl. The molecule has 0 aromatic heterocycles. The van der Waals surface area contributed by atoms with Gasteiger partial charge in [0.05, 0.1) is 23.2 Å². The highest BCUT2D eigenvalue weighted by molar-refractivity contribution is 7.92. The van der Waals surface area contributed by atoms with E-state index in [4.69, 9.17) is 27.9 Å². The molecule has 32 heavy (non-hydrogen) atoms. The maximum atomic E-state index is 13.1. The summed E-state index contributed by atoms with van der Waals surface area (Å²) in [5, 5.41) is 3.67. The van der Waals surface area contributed by atoms with Crippen LogP contribution in [0.15, 0.2) is 71.6 Å². The van der Waals surface area contributed by atoms with Crippen LogP contribution >= 0.6 is 23.2 Å². The largest absolute Gasteiger partial charge is 0.495 e. The second-order valence-corrected chi connectivity index (χ2v) is 9.99. The summed E-state index contributed by atoms with van der Waals surface area (Å²) in [6.45, 7) is 0. The first-order valence-corrected chi connectivity index (χ1v) is 12.0. The first-order chi connectivity index (χ1) is 15.2. The predicted molar refractivity (Wildman–Crippen MR) is 126 cm³/mol. The molecule has 2 N–H and O–H groups in total. The molecule has 0 spiro atoms. The standard InChI is InChI=1S/C23H20Cl2N2O4S/c1-31-20-10-9-17(14-21(20)32(29,30)27-19-8-3-2-7-18(19)25)26-22(28)23(11-12-23)15-5-4-6-16(24)13-15/h2-10,13-14,27H,11-12H2,1H3,(H,26,28). The molecule has 0 aliphatic heterocycles. The number of amides is 1. The molecule has 4 rings (SSSR count). The smallest absolute Gasteiger partial charge is 0.265 e. The summed E-state index contributed by atoms with van der Waals surface area (Å²) >= 11 is 12.2. The van der Waals surface area contributed by atoms with Gasteiger partial charge in [0.2, 0.25) is 5.91 Å². The lowest BCUT2D eigenvalue weighted by molar-refractivity contribution is -0.118. The van der Waals surface area contributed by atoms with Gasteiger partial charge in [-0.25, -0.2) is 8.42 Å². The van der Waals surface area contributed by atoms with Crippen molar-refractivity contribution in [2.24, 2.45) is 0 Å². The Morgan fingerprint density at radius 2 is 1.75 bits per heavy atom. The number of hydrogen-bond acceptors (Lipinski definition) is 4. The van der Waals surface area contributed by atoms with Crippen LogP contribution in [0.5, 0.6) is 5.75 Å². The number of carbonyl (C=O) groups excluding carboxylic acids is 1. The topological polar surface area (TPSA) is 84.5 Å². The molecule has 0 unspecified atom stereocenters. The van der Waals surface area contributed by atoms with Gasteiger partial charge < -0.3 is 10.1 Å². The molecule has 0 bridgehead atoms. The van der Waals surface area contributed by atoms with Gasteiger partial charge in [-0.05, 0) is 60.9 Å². The van der Waals surface area contributed by atoms with Crippen LogP contribution in [0.4, 0.5) is 11.4 Å². The highest BCUT2D eigenvalue weighted by Crippen LogP contribution is 2.49. The lowest BCUT2D eigenvalue weighted by atomic mass is 9.95. The number of anilines is 2. The zero-order chi connectivity index (χ0) is 22.9. The highest BCUT2D eigenvalue weighted by atomic mass is 35.5. The number of halogens is 2. The van der Waals surface area contributed by atoms with Gasteiger partial charge >= 0.3 is 0 Å². The fourth-order valence-electron chi connectivity index (χ4n) is 3.52. The highest BCUT2D eigenvalue weighted by Gasteiger charge is 2.51. The first kappa shape index (κ1) is 22.5. The van der Waals surface area contributed by atoms with Crippen LogP contribution in [-0.4, -0.2) is 21.4 Å². The Kier molecular flexibility index (Phi) is 6.07. The van der Waals surface area contributed by atoms with Gasteiger partial charge in [-0.1, -0.05) is 47.5 Å². The third kappa shape index (κ3) is 4.41. The van der Waals surface area contributed by atoms with Crippen LogP contribution in [0.2, 0.25) is 10.0 Å². The molecule has 9 heteroatoms. The van der Waals surface area contributed by atoms with Crippen LogP contribution in [0.1, 0.15) is 18.4 Å². The fraction of sp³-hybridized carbons (Fsp3) is 0.174. The van der Waals surface area contributed by atoms with Crippen LogP contribution in [0.25, 0.3) is 0 Å². The van der Waals surface area contributed by atoms with Gasteiger partial charge in [0.25, 0.3) is 10.0 Å². The minimum Gasteiger partial charge on any atom is -0.495 e. The van der Waals surface area contributed by atoms with Crippen LogP contribution in [-0.2, 0) is 20.2 Å². The number of benzene rings is 3. The Bertz CT molecular complexity index is 1290. The van der Waals surface area contributed by atoms with E-state index in [9.17, 15) is 13.2 Å². The third-order valence-electron chi connectivity index (χ3n) is 5.39. The number of ether oxygens (including phenoxy) is 1. The van der Waals surface area contributed by atoms with Gasteiger partial charge in [-0.2, -0.15) is 0 Å². The number of carbonyl (C=O) groups is 1. The summed E-state index contributed by atoms with van der Waals surface area (Å²) in [6, 6.07) is 18.2. The van der Waals surface area contributed by atoms with E-state index < -0.39 is 15.4 Å². The summed E-state index contributed by atoms with van der Waals surface area (Å²) in [7, 11) is -2.67. The first-order valence-electron chi connectivity index (χ1n) is 9.78. The van der Waals surface area contributed by atoms with E-state index >= 15 is 0 Å². The van der Waals surface area contributed by atoms with Crippen molar-refractivity contribution < 1.29 is 17.9 Å². The van der Waals surface area contributed by atoms with Crippen molar-refractivity contribution in [3.05, 3.63) is 82.3 Å². The van der Waals surface area contributed by atoms with Crippen molar-refractivity contribution in [3.63, 3.8) is 0 Å². The molecule has 1 amide bonds. The Morgan fingerprint density at radius 1 is 1.00 bits per heavy atom. The lowest BCUT2D eigenvalue weighted by Gasteiger charge is -2.18. The molecule has 3 aromatic rings. The average Bonchev–Trinajstić information content (AvgIpc) is 3.57. The quantitative estimate of drug-likeness (QED) is 0.459. The molecular formula is C23H20Cl2N2O4S. The minimum absolute atomic E-state index is 0.120. The van der Waals surface area contributed by atoms with Gasteiger partial charge in [0, 0.05) is 10.7 Å². The van der Waals surface area contributed by atoms with E-state index in [1.807, 2.05) is 12.1 Å². The van der Waals surface area contributed by atoms with Crippen molar-refractivity contribution in [1.82, 2.24) is 0 Å². The number of nitrogens with one attached hydrogen (secondary N) is 2. The summed E-state index contributed by atoms with van der Waals surface area (Å²) in [6.07, 6.45) is 1.38. The molecule has 1 aliphatic carbocycles. The Balaban J connectivity index is 1.62. The van der Waals surface area contributed by atoms with Crippen LogP contribution in [0, 0.1) is 0 Å². The molecule has 1 saturated carbocycles. The van der Waals surface area contributed by atoms with Gasteiger partial charge in [-0.3, -0.25) is 9.52 Å². The molecule has 0 saturated heterocycles. The maximum absolute atomic E-state index is 13.1. The fourth-order valence-corrected chi connectivity index (χ4v) is 5.22. The van der Waals surface area contributed by atoms with E-state index in [2.05, 4.69) is 10.0 Å². The Morgan fingerprint density at radius 3 is 2.41 bits per heavy atom. The zero-order valence-electron chi connectivity index (χ0n) is 17.1. The van der Waals surface area contributed by atoms with E-state index in [0.29, 0.717) is 23.6 Å². The second kappa shape index (κ2) is 8.65. The van der Waals surface area contributed by atoms with E-state index in [-0.39, 0.29) is 27.3 Å². The zero-order valence-corrected chi connectivity index (χ0v) is 19.4. The number of rotatable bonds is 7. The Hall–Kier alpha value is -2.74. The molecule has 0 radical (unpaired) electrons. The average molecular weight is 491 g/mol. The number of hydrogen-bond donors (Lipinski definition) is 2. The molecular weight excluding hydrogens is 471 g/mol. The van der Waals surface area contributed by atoms with Gasteiger partial charge in [0.15, 0.2) is 0 Å². The maximum Gasteiger partial charge on any atom is 0.265 e. The Labute approximate surface area is 196 Å². The molecule has 1 aliphatic rings.